The van der Waals surface area contributed by atoms with Crippen LogP contribution < -0.4 is 4.74 Å². The van der Waals surface area contributed by atoms with Crippen LogP contribution in [-0.2, 0) is 14.3 Å². The van der Waals surface area contributed by atoms with E-state index in [1.54, 1.807) is 31.4 Å². The number of methoxy groups -OCH3 is 1. The molecule has 6 nitrogen and oxygen atoms in total. The number of amides is 1. The summed E-state index contributed by atoms with van der Waals surface area (Å²) in [6, 6.07) is 14.1. The van der Waals surface area contributed by atoms with Crippen molar-refractivity contribution in [2.24, 2.45) is 0 Å². The Morgan fingerprint density at radius 2 is 1.84 bits per heavy atom. The van der Waals surface area contributed by atoms with E-state index in [2.05, 4.69) is 13.8 Å². The van der Waals surface area contributed by atoms with Gasteiger partial charge in [0.2, 0.25) is 0 Å². The van der Waals surface area contributed by atoms with Crippen LogP contribution in [0.5, 0.6) is 5.75 Å². The smallest absolute Gasteiger partial charge is 0.295 e. The number of hydrogen-bond donors (Lipinski definition) is 1. The summed E-state index contributed by atoms with van der Waals surface area (Å²) in [5.41, 5.74) is 2.48. The maximum atomic E-state index is 13.1. The molecule has 1 unspecified atom stereocenters. The van der Waals surface area contributed by atoms with Crippen LogP contribution in [0.15, 0.2) is 54.1 Å². The Bertz CT molecular complexity index is 994. The molecule has 1 N–H and O–H groups in total. The van der Waals surface area contributed by atoms with Gasteiger partial charge in [0.15, 0.2) is 0 Å². The fraction of sp³-hybridized carbons (Fsp3) is 0.385. The van der Waals surface area contributed by atoms with Gasteiger partial charge < -0.3 is 19.5 Å². The maximum absolute atomic E-state index is 13.1. The molecule has 0 radical (unpaired) electrons. The molecule has 1 fully saturated rings. The third-order valence-corrected chi connectivity index (χ3v) is 5.62. The fourth-order valence-corrected chi connectivity index (χ4v) is 3.95. The molecule has 0 saturated carbocycles. The van der Waals surface area contributed by atoms with E-state index in [4.69, 9.17) is 9.47 Å². The molecule has 1 heterocycles. The number of hydrogen-bond acceptors (Lipinski definition) is 5. The lowest BCUT2D eigenvalue weighted by Gasteiger charge is -2.25. The van der Waals surface area contributed by atoms with Gasteiger partial charge in [-0.25, -0.2) is 0 Å². The van der Waals surface area contributed by atoms with Gasteiger partial charge in [0.1, 0.15) is 11.5 Å². The molecular formula is C26H31NO5. The Morgan fingerprint density at radius 1 is 1.12 bits per heavy atom. The second-order valence-electron chi connectivity index (χ2n) is 8.12. The van der Waals surface area contributed by atoms with Crippen LogP contribution in [0.3, 0.4) is 0 Å². The number of carbonyl (C=O) groups is 2. The van der Waals surface area contributed by atoms with Crippen molar-refractivity contribution >= 4 is 17.4 Å². The summed E-state index contributed by atoms with van der Waals surface area (Å²) < 4.78 is 10.7. The zero-order valence-corrected chi connectivity index (χ0v) is 19.1. The van der Waals surface area contributed by atoms with Crippen LogP contribution >= 0.6 is 0 Å². The number of ketones is 1. The van der Waals surface area contributed by atoms with Gasteiger partial charge in [-0.1, -0.05) is 50.2 Å². The van der Waals surface area contributed by atoms with E-state index in [0.717, 1.165) is 11.1 Å². The van der Waals surface area contributed by atoms with Crippen LogP contribution in [0, 0.1) is 0 Å². The minimum atomic E-state index is -0.681. The van der Waals surface area contributed by atoms with Crippen LogP contribution in [0.1, 0.15) is 55.8 Å². The number of aliphatic hydroxyl groups excluding tert-OH is 1. The zero-order chi connectivity index (χ0) is 23.3. The van der Waals surface area contributed by atoms with Gasteiger partial charge in [-0.2, -0.15) is 0 Å². The quantitative estimate of drug-likeness (QED) is 0.267. The number of carbonyl (C=O) groups excluding carboxylic acids is 2. The maximum Gasteiger partial charge on any atom is 0.295 e. The molecule has 2 aromatic carbocycles. The van der Waals surface area contributed by atoms with Gasteiger partial charge in [-0.15, -0.1) is 0 Å². The first-order valence-corrected chi connectivity index (χ1v) is 11.0. The van der Waals surface area contributed by atoms with Gasteiger partial charge >= 0.3 is 0 Å². The largest absolute Gasteiger partial charge is 0.507 e. The molecule has 0 aliphatic carbocycles. The summed E-state index contributed by atoms with van der Waals surface area (Å²) in [6.07, 6.45) is 0.587. The third kappa shape index (κ3) is 4.86. The molecule has 0 spiro atoms. The highest BCUT2D eigenvalue weighted by Crippen LogP contribution is 2.40. The number of ether oxygens (including phenoxy) is 2. The second kappa shape index (κ2) is 10.5. The van der Waals surface area contributed by atoms with Crippen molar-refractivity contribution in [3.8, 4) is 5.75 Å². The highest BCUT2D eigenvalue weighted by Gasteiger charge is 2.45. The van der Waals surface area contributed by atoms with E-state index in [9.17, 15) is 14.7 Å². The summed E-state index contributed by atoms with van der Waals surface area (Å²) in [5.74, 6) is -0.541. The Kier molecular flexibility index (Phi) is 7.70. The molecule has 0 aromatic heterocycles. The molecule has 1 amide bonds. The van der Waals surface area contributed by atoms with Gasteiger partial charge in [0.05, 0.1) is 18.2 Å². The minimum absolute atomic E-state index is 0.0957. The number of Topliss-reactive ketones (excluding diaryl/α,β-unsaturated/α-hetero) is 1. The first kappa shape index (κ1) is 23.5. The topological polar surface area (TPSA) is 76.1 Å². The number of nitrogens with zero attached hydrogens (tertiary/aromatic N) is 1. The Balaban J connectivity index is 2.10. The molecule has 1 aliphatic rings. The van der Waals surface area contributed by atoms with Crippen molar-refractivity contribution in [2.75, 3.05) is 26.9 Å². The Morgan fingerprint density at radius 3 is 2.47 bits per heavy atom. The molecule has 3 rings (SSSR count). The van der Waals surface area contributed by atoms with Crippen molar-refractivity contribution in [1.29, 1.82) is 0 Å². The van der Waals surface area contributed by atoms with Crippen LogP contribution in [-0.4, -0.2) is 48.6 Å². The van der Waals surface area contributed by atoms with Crippen LogP contribution in [0.25, 0.3) is 5.76 Å². The molecule has 32 heavy (non-hydrogen) atoms. The zero-order valence-electron chi connectivity index (χ0n) is 19.1. The molecular weight excluding hydrogens is 406 g/mol. The van der Waals surface area contributed by atoms with Crippen molar-refractivity contribution in [3.05, 3.63) is 70.8 Å². The number of aliphatic hydroxyl groups is 1. The number of rotatable bonds is 9. The lowest BCUT2D eigenvalue weighted by atomic mass is 9.93. The SMILES string of the molecule is CCOc1cccc(/C(O)=C2\C(=O)C(=O)N(CCCOC)C2c2ccc(C(C)C)cc2)c1. The highest BCUT2D eigenvalue weighted by atomic mass is 16.5. The first-order chi connectivity index (χ1) is 15.4. The second-order valence-corrected chi connectivity index (χ2v) is 8.12. The predicted molar refractivity (Wildman–Crippen MR) is 124 cm³/mol. The van der Waals surface area contributed by atoms with Gasteiger partial charge in [0.25, 0.3) is 11.7 Å². The van der Waals surface area contributed by atoms with Crippen molar-refractivity contribution in [1.82, 2.24) is 4.90 Å². The van der Waals surface area contributed by atoms with Crippen LogP contribution in [0.4, 0.5) is 0 Å². The van der Waals surface area contributed by atoms with Gasteiger partial charge in [0, 0.05) is 25.8 Å². The molecule has 170 valence electrons. The summed E-state index contributed by atoms with van der Waals surface area (Å²) in [5, 5.41) is 11.2. The van der Waals surface area contributed by atoms with Crippen molar-refractivity contribution < 1.29 is 24.2 Å². The fourth-order valence-electron chi connectivity index (χ4n) is 3.95. The lowest BCUT2D eigenvalue weighted by Crippen LogP contribution is -2.31. The molecule has 0 bridgehead atoms. The van der Waals surface area contributed by atoms with Crippen molar-refractivity contribution in [2.45, 2.75) is 39.2 Å². The molecule has 1 atom stereocenters. The average Bonchev–Trinajstić information content (AvgIpc) is 3.04. The minimum Gasteiger partial charge on any atom is -0.507 e. The number of likely N-dealkylation sites (tertiary alicyclic amines) is 1. The average molecular weight is 438 g/mol. The summed E-state index contributed by atoms with van der Waals surface area (Å²) in [4.78, 5) is 27.5. The van der Waals surface area contributed by atoms with Crippen LogP contribution in [0.2, 0.25) is 0 Å². The summed E-state index contributed by atoms with van der Waals surface area (Å²) in [6.45, 7) is 7.40. The lowest BCUT2D eigenvalue weighted by molar-refractivity contribution is -0.140. The van der Waals surface area contributed by atoms with Gasteiger partial charge in [-0.3, -0.25) is 9.59 Å². The van der Waals surface area contributed by atoms with E-state index < -0.39 is 17.7 Å². The monoisotopic (exact) mass is 437 g/mol. The molecule has 6 heteroatoms. The number of benzene rings is 2. The Hall–Kier alpha value is -3.12. The molecule has 2 aromatic rings. The standard InChI is InChI=1S/C26H31NO5/c1-5-32-21-9-6-8-20(16-21)24(28)22-23(19-12-10-18(11-13-19)17(2)3)27(14-7-15-31-4)26(30)25(22)29/h6,8-13,16-17,23,28H,5,7,14-15H2,1-4H3/b24-22+. The molecule has 1 saturated heterocycles. The van der Waals surface area contributed by atoms with E-state index in [1.165, 1.54) is 4.90 Å². The third-order valence-electron chi connectivity index (χ3n) is 5.62. The van der Waals surface area contributed by atoms with E-state index in [-0.39, 0.29) is 11.3 Å². The molecule has 1 aliphatic heterocycles. The van der Waals surface area contributed by atoms with E-state index in [0.29, 0.717) is 43.4 Å². The summed E-state index contributed by atoms with van der Waals surface area (Å²) >= 11 is 0. The first-order valence-electron chi connectivity index (χ1n) is 11.0. The predicted octanol–water partition coefficient (Wildman–Crippen LogP) is 4.67. The van der Waals surface area contributed by atoms with Crippen molar-refractivity contribution in [3.63, 3.8) is 0 Å². The summed E-state index contributed by atoms with van der Waals surface area (Å²) in [7, 11) is 1.60. The normalized spacial score (nSPS) is 17.9. The van der Waals surface area contributed by atoms with E-state index in [1.807, 2.05) is 31.2 Å². The van der Waals surface area contributed by atoms with Gasteiger partial charge in [-0.05, 0) is 42.5 Å². The Labute approximate surface area is 189 Å². The highest BCUT2D eigenvalue weighted by molar-refractivity contribution is 6.46. The van der Waals surface area contributed by atoms with E-state index >= 15 is 0 Å².